The molecule has 4 aromatic rings. The number of hydrogen-bond donors (Lipinski definition) is 0. The number of aromatic nitrogens is 3. The fraction of sp³-hybridized carbons (Fsp3) is 0.231. The van der Waals surface area contributed by atoms with Crippen molar-refractivity contribution in [2.75, 3.05) is 24.5 Å². The van der Waals surface area contributed by atoms with Crippen molar-refractivity contribution in [3.8, 4) is 11.3 Å². The van der Waals surface area contributed by atoms with Crippen molar-refractivity contribution in [2.45, 2.75) is 19.1 Å². The van der Waals surface area contributed by atoms with Gasteiger partial charge in [-0.2, -0.15) is 13.2 Å². The highest BCUT2D eigenvalue weighted by atomic mass is 19.4. The lowest BCUT2D eigenvalue weighted by Crippen LogP contribution is -2.54. The van der Waals surface area contributed by atoms with Gasteiger partial charge in [-0.05, 0) is 43.3 Å². The Morgan fingerprint density at radius 1 is 0.943 bits per heavy atom. The molecule has 1 fully saturated rings. The molecule has 178 valence electrons. The van der Waals surface area contributed by atoms with Gasteiger partial charge >= 0.3 is 6.18 Å². The van der Waals surface area contributed by atoms with E-state index in [9.17, 15) is 18.0 Å². The average Bonchev–Trinajstić information content (AvgIpc) is 2.88. The fourth-order valence-electron chi connectivity index (χ4n) is 4.42. The second-order valence-electron chi connectivity index (χ2n) is 8.51. The number of hydrogen-bond acceptors (Lipinski definition) is 5. The first-order valence-electron chi connectivity index (χ1n) is 11.2. The Labute approximate surface area is 200 Å². The average molecular weight is 477 g/mol. The minimum Gasteiger partial charge on any atom is -0.347 e. The topological polar surface area (TPSA) is 62.2 Å². The summed E-state index contributed by atoms with van der Waals surface area (Å²) >= 11 is 0. The molecule has 3 heterocycles. The predicted octanol–water partition coefficient (Wildman–Crippen LogP) is 5.06. The summed E-state index contributed by atoms with van der Waals surface area (Å²) in [5, 5.41) is 9.53. The van der Waals surface area contributed by atoms with E-state index in [0.717, 1.165) is 12.1 Å². The van der Waals surface area contributed by atoms with Gasteiger partial charge in [-0.15, -0.1) is 10.2 Å². The Hall–Kier alpha value is -4.01. The smallest absolute Gasteiger partial charge is 0.347 e. The van der Waals surface area contributed by atoms with Crippen molar-refractivity contribution in [3.05, 3.63) is 84.1 Å². The molecule has 1 aliphatic rings. The van der Waals surface area contributed by atoms with Crippen LogP contribution in [0.1, 0.15) is 22.8 Å². The Balaban J connectivity index is 1.44. The lowest BCUT2D eigenvalue weighted by Gasteiger charge is -2.40. The van der Waals surface area contributed by atoms with Crippen LogP contribution in [0.5, 0.6) is 0 Å². The Morgan fingerprint density at radius 2 is 1.69 bits per heavy atom. The molecule has 9 heteroatoms. The first kappa shape index (κ1) is 22.8. The number of pyridine rings is 1. The van der Waals surface area contributed by atoms with E-state index in [1.807, 2.05) is 48.2 Å². The van der Waals surface area contributed by atoms with Crippen LogP contribution in [-0.2, 0) is 6.18 Å². The summed E-state index contributed by atoms with van der Waals surface area (Å²) in [5.41, 5.74) is 1.55. The fourth-order valence-corrected chi connectivity index (χ4v) is 4.42. The number of carbonyl (C=O) groups excluding carboxylic acids is 1. The van der Waals surface area contributed by atoms with E-state index in [0.29, 0.717) is 53.2 Å². The third kappa shape index (κ3) is 4.41. The maximum absolute atomic E-state index is 13.0. The van der Waals surface area contributed by atoms with Gasteiger partial charge in [-0.25, -0.2) is 0 Å². The van der Waals surface area contributed by atoms with E-state index >= 15 is 0 Å². The van der Waals surface area contributed by atoms with Crippen molar-refractivity contribution in [3.63, 3.8) is 0 Å². The highest BCUT2D eigenvalue weighted by Crippen LogP contribution is 2.34. The van der Waals surface area contributed by atoms with Gasteiger partial charge in [0, 0.05) is 48.4 Å². The molecular weight excluding hydrogens is 455 g/mol. The molecule has 0 N–H and O–H groups in total. The number of benzene rings is 2. The van der Waals surface area contributed by atoms with Gasteiger partial charge in [0.25, 0.3) is 5.91 Å². The maximum atomic E-state index is 13.0. The van der Waals surface area contributed by atoms with E-state index in [4.69, 9.17) is 0 Å². The van der Waals surface area contributed by atoms with Gasteiger partial charge in [0.15, 0.2) is 5.82 Å². The van der Waals surface area contributed by atoms with Crippen molar-refractivity contribution in [1.82, 2.24) is 20.1 Å². The van der Waals surface area contributed by atoms with Crippen LogP contribution in [0.4, 0.5) is 19.0 Å². The zero-order valence-electron chi connectivity index (χ0n) is 18.9. The van der Waals surface area contributed by atoms with E-state index in [-0.39, 0.29) is 11.9 Å². The van der Waals surface area contributed by atoms with Crippen LogP contribution in [0, 0.1) is 0 Å². The molecule has 6 nitrogen and oxygen atoms in total. The van der Waals surface area contributed by atoms with Crippen LogP contribution in [0.2, 0.25) is 0 Å². The third-order valence-corrected chi connectivity index (χ3v) is 6.21. The lowest BCUT2D eigenvalue weighted by molar-refractivity contribution is -0.137. The van der Waals surface area contributed by atoms with Crippen LogP contribution in [0.3, 0.4) is 0 Å². The minimum atomic E-state index is -4.40. The molecule has 0 saturated carbocycles. The van der Waals surface area contributed by atoms with E-state index in [1.54, 1.807) is 12.3 Å². The molecule has 1 aliphatic heterocycles. The summed E-state index contributed by atoms with van der Waals surface area (Å²) in [4.78, 5) is 21.3. The SMILES string of the molecule is C[C@@H]1CN(C(=O)c2ccccc2)CCN1c1nnc(-c2ccc(C(F)(F)F)cc2)c2cccnc12. The van der Waals surface area contributed by atoms with Crippen molar-refractivity contribution in [1.29, 1.82) is 0 Å². The maximum Gasteiger partial charge on any atom is 0.416 e. The molecule has 5 rings (SSSR count). The number of alkyl halides is 3. The van der Waals surface area contributed by atoms with E-state index < -0.39 is 11.7 Å². The summed E-state index contributed by atoms with van der Waals surface area (Å²) in [6.45, 7) is 3.61. The van der Waals surface area contributed by atoms with Gasteiger partial charge in [0.05, 0.1) is 5.56 Å². The number of amides is 1. The molecule has 0 radical (unpaired) electrons. The lowest BCUT2D eigenvalue weighted by atomic mass is 10.0. The molecule has 0 spiro atoms. The van der Waals surface area contributed by atoms with Crippen LogP contribution < -0.4 is 4.90 Å². The first-order chi connectivity index (χ1) is 16.8. The zero-order valence-corrected chi connectivity index (χ0v) is 18.9. The largest absolute Gasteiger partial charge is 0.416 e. The van der Waals surface area contributed by atoms with Crippen LogP contribution in [0.15, 0.2) is 72.9 Å². The number of halogens is 3. The second-order valence-corrected chi connectivity index (χ2v) is 8.51. The van der Waals surface area contributed by atoms with Crippen LogP contribution in [-0.4, -0.2) is 51.7 Å². The number of carbonyl (C=O) groups is 1. The van der Waals surface area contributed by atoms with Crippen molar-refractivity contribution < 1.29 is 18.0 Å². The molecule has 1 amide bonds. The van der Waals surface area contributed by atoms with Gasteiger partial charge < -0.3 is 9.80 Å². The summed E-state index contributed by atoms with van der Waals surface area (Å²) in [5.74, 6) is 0.583. The zero-order chi connectivity index (χ0) is 24.6. The highest BCUT2D eigenvalue weighted by Gasteiger charge is 2.31. The predicted molar refractivity (Wildman–Crippen MR) is 127 cm³/mol. The van der Waals surface area contributed by atoms with E-state index in [2.05, 4.69) is 20.1 Å². The molecule has 1 atom stereocenters. The molecule has 2 aromatic heterocycles. The Bertz CT molecular complexity index is 1360. The molecule has 0 aliphatic carbocycles. The molecule has 35 heavy (non-hydrogen) atoms. The summed E-state index contributed by atoms with van der Waals surface area (Å²) in [6, 6.07) is 17.6. The summed E-state index contributed by atoms with van der Waals surface area (Å²) < 4.78 is 38.9. The molecule has 0 unspecified atom stereocenters. The minimum absolute atomic E-state index is 0.0104. The van der Waals surface area contributed by atoms with Gasteiger partial charge in [0.1, 0.15) is 11.2 Å². The summed E-state index contributed by atoms with van der Waals surface area (Å²) in [6.07, 6.45) is -2.75. The van der Waals surface area contributed by atoms with E-state index in [1.165, 1.54) is 12.1 Å². The number of fused-ring (bicyclic) bond motifs is 1. The number of rotatable bonds is 3. The first-order valence-corrected chi connectivity index (χ1v) is 11.2. The van der Waals surface area contributed by atoms with Crippen LogP contribution >= 0.6 is 0 Å². The quantitative estimate of drug-likeness (QED) is 0.413. The molecular formula is C26H22F3N5O. The Morgan fingerprint density at radius 3 is 2.37 bits per heavy atom. The number of nitrogens with zero attached hydrogens (tertiary/aromatic N) is 5. The molecule has 0 bridgehead atoms. The normalized spacial score (nSPS) is 16.5. The van der Waals surface area contributed by atoms with Crippen LogP contribution in [0.25, 0.3) is 22.2 Å². The highest BCUT2D eigenvalue weighted by molar-refractivity contribution is 5.98. The molecule has 2 aromatic carbocycles. The monoisotopic (exact) mass is 477 g/mol. The Kier molecular flexibility index (Phi) is 5.84. The van der Waals surface area contributed by atoms with Gasteiger partial charge in [0.2, 0.25) is 0 Å². The van der Waals surface area contributed by atoms with Crippen molar-refractivity contribution in [2.24, 2.45) is 0 Å². The number of anilines is 1. The van der Waals surface area contributed by atoms with Gasteiger partial charge in [-0.3, -0.25) is 9.78 Å². The summed E-state index contributed by atoms with van der Waals surface area (Å²) in [7, 11) is 0. The second kappa shape index (κ2) is 8.98. The van der Waals surface area contributed by atoms with Gasteiger partial charge in [-0.1, -0.05) is 30.3 Å². The van der Waals surface area contributed by atoms with Crippen molar-refractivity contribution >= 4 is 22.6 Å². The standard InChI is InChI=1S/C26H22F3N5O/c1-17-16-33(25(35)19-6-3-2-4-7-19)14-15-34(17)24-23-21(8-5-13-30-23)22(31-32-24)18-9-11-20(12-10-18)26(27,28)29/h2-13,17H,14-16H2,1H3/t17-/m1/s1. The third-order valence-electron chi connectivity index (χ3n) is 6.21. The molecule has 1 saturated heterocycles. The number of piperazine rings is 1.